The number of thiophene rings is 1. The Balaban J connectivity index is 1.02. The minimum atomic E-state index is -2.15. The number of hydrogen-bond acceptors (Lipinski definition) is 10. The van der Waals surface area contributed by atoms with Crippen LogP contribution in [-0.2, 0) is 22.1 Å². The number of aromatic hydroxyl groups is 1. The molecule has 10 nitrogen and oxygen atoms in total. The Morgan fingerprint density at radius 2 is 1.90 bits per heavy atom. The zero-order valence-corrected chi connectivity index (χ0v) is 32.8. The van der Waals surface area contributed by atoms with Gasteiger partial charge in [-0.05, 0) is 74.1 Å². The van der Waals surface area contributed by atoms with Gasteiger partial charge in [-0.15, -0.1) is 22.7 Å². The van der Waals surface area contributed by atoms with Crippen molar-refractivity contribution in [2.45, 2.75) is 83.3 Å². The standard InChI is InChI=1S/C37H51N5O5S2Si/c1-25-39-30(23-48-25)35(45)42-19-20-46-37(24-42)14-17-41(18-15-37)16-13-26-7-8-27(49-26)21-38-22-32(47-50(5,6)36(2,3)4)28-9-11-31(43)34-29(28)10-12-33(44)40-34/h7-12,23,32,38,43H,13-22,24H2,1-6H3,(H,40,44)/t32-/m0/s1. The van der Waals surface area contributed by atoms with Crippen LogP contribution >= 0.6 is 22.7 Å². The molecule has 50 heavy (non-hydrogen) atoms. The third-order valence-electron chi connectivity index (χ3n) is 10.7. The summed E-state index contributed by atoms with van der Waals surface area (Å²) in [5.74, 6) is 0.0752. The highest BCUT2D eigenvalue weighted by molar-refractivity contribution is 7.12. The lowest BCUT2D eigenvalue weighted by Crippen LogP contribution is -2.58. The summed E-state index contributed by atoms with van der Waals surface area (Å²) in [7, 11) is -2.15. The highest BCUT2D eigenvalue weighted by atomic mass is 32.1. The average molecular weight is 738 g/mol. The summed E-state index contributed by atoms with van der Waals surface area (Å²) in [6, 6.07) is 11.3. The van der Waals surface area contributed by atoms with Crippen molar-refractivity contribution in [3.05, 3.63) is 78.2 Å². The summed E-state index contributed by atoms with van der Waals surface area (Å²) in [4.78, 5) is 39.4. The van der Waals surface area contributed by atoms with Crippen molar-refractivity contribution in [3.8, 4) is 5.75 Å². The highest BCUT2D eigenvalue weighted by Gasteiger charge is 2.42. The van der Waals surface area contributed by atoms with Gasteiger partial charge in [0.05, 0.1) is 35.4 Å². The van der Waals surface area contributed by atoms with E-state index in [4.69, 9.17) is 9.16 Å². The molecule has 2 saturated heterocycles. The number of likely N-dealkylation sites (tertiary alicyclic amines) is 1. The van der Waals surface area contributed by atoms with Crippen molar-refractivity contribution in [1.82, 2.24) is 25.1 Å². The Labute approximate surface area is 304 Å². The summed E-state index contributed by atoms with van der Waals surface area (Å²) >= 11 is 3.37. The van der Waals surface area contributed by atoms with E-state index in [1.165, 1.54) is 27.2 Å². The van der Waals surface area contributed by atoms with Crippen molar-refractivity contribution in [2.75, 3.05) is 45.9 Å². The molecule has 2 aliphatic heterocycles. The maximum absolute atomic E-state index is 13.1. The Morgan fingerprint density at radius 3 is 2.62 bits per heavy atom. The van der Waals surface area contributed by atoms with Gasteiger partial charge < -0.3 is 34.4 Å². The molecule has 0 radical (unpaired) electrons. The fraction of sp³-hybridized carbons (Fsp3) is 0.541. The lowest BCUT2D eigenvalue weighted by Gasteiger charge is -2.47. The molecular weight excluding hydrogens is 687 g/mol. The first-order valence-electron chi connectivity index (χ1n) is 17.6. The molecule has 270 valence electrons. The summed E-state index contributed by atoms with van der Waals surface area (Å²) in [5.41, 5.74) is 1.44. The molecule has 1 spiro atoms. The van der Waals surface area contributed by atoms with E-state index in [9.17, 15) is 14.7 Å². The molecule has 0 aliphatic carbocycles. The number of benzene rings is 1. The Kier molecular flexibility index (Phi) is 11.0. The predicted octanol–water partition coefficient (Wildman–Crippen LogP) is 6.46. The van der Waals surface area contributed by atoms with Crippen LogP contribution in [0.3, 0.4) is 0 Å². The largest absolute Gasteiger partial charge is 0.506 e. The number of nitrogens with zero attached hydrogens (tertiary/aromatic N) is 3. The summed E-state index contributed by atoms with van der Waals surface area (Å²) < 4.78 is 13.3. The van der Waals surface area contributed by atoms with Crippen LogP contribution in [0.25, 0.3) is 10.9 Å². The van der Waals surface area contributed by atoms with Crippen molar-refractivity contribution < 1.29 is 19.1 Å². The van der Waals surface area contributed by atoms with Gasteiger partial charge in [0.1, 0.15) is 11.4 Å². The second-order valence-corrected chi connectivity index (χ2v) is 22.3. The number of hydrogen-bond donors (Lipinski definition) is 3. The van der Waals surface area contributed by atoms with Gasteiger partial charge in [-0.2, -0.15) is 0 Å². The summed E-state index contributed by atoms with van der Waals surface area (Å²) in [5, 5.41) is 17.8. The van der Waals surface area contributed by atoms with Gasteiger partial charge in [0.25, 0.3) is 5.91 Å². The van der Waals surface area contributed by atoms with E-state index in [2.05, 4.69) is 66.2 Å². The van der Waals surface area contributed by atoms with Crippen LogP contribution in [0.1, 0.15) is 70.5 Å². The third kappa shape index (κ3) is 8.41. The maximum atomic E-state index is 13.1. The lowest BCUT2D eigenvalue weighted by atomic mass is 9.89. The molecule has 4 aromatic rings. The number of pyridine rings is 1. The molecule has 6 rings (SSSR count). The number of aromatic nitrogens is 2. The van der Waals surface area contributed by atoms with Crippen LogP contribution in [0, 0.1) is 6.92 Å². The van der Waals surface area contributed by atoms with E-state index in [0.717, 1.165) is 61.4 Å². The number of phenolic OH excluding ortho intramolecular Hbond substituents is 1. The first-order valence-corrected chi connectivity index (χ1v) is 22.2. The van der Waals surface area contributed by atoms with Gasteiger partial charge in [-0.25, -0.2) is 4.98 Å². The second-order valence-electron chi connectivity index (χ2n) is 15.3. The van der Waals surface area contributed by atoms with E-state index in [1.54, 1.807) is 12.1 Å². The van der Waals surface area contributed by atoms with Gasteiger partial charge in [0, 0.05) is 65.9 Å². The molecular formula is C37H51N5O5S2Si. The smallest absolute Gasteiger partial charge is 0.273 e. The normalized spacial score (nSPS) is 17.8. The first kappa shape index (κ1) is 36.9. The molecule has 0 saturated carbocycles. The van der Waals surface area contributed by atoms with Crippen LogP contribution in [-0.4, -0.2) is 90.6 Å². The number of fused-ring (bicyclic) bond motifs is 1. The van der Waals surface area contributed by atoms with Crippen molar-refractivity contribution >= 4 is 47.8 Å². The third-order valence-corrected chi connectivity index (χ3v) is 17.1. The number of ether oxygens (including phenoxy) is 1. The van der Waals surface area contributed by atoms with Crippen molar-refractivity contribution in [3.63, 3.8) is 0 Å². The molecule has 3 N–H and O–H groups in total. The maximum Gasteiger partial charge on any atom is 0.273 e. The number of piperidine rings is 1. The van der Waals surface area contributed by atoms with Crippen molar-refractivity contribution in [1.29, 1.82) is 0 Å². The highest BCUT2D eigenvalue weighted by Crippen LogP contribution is 2.41. The number of carbonyl (C=O) groups is 1. The van der Waals surface area contributed by atoms with Gasteiger partial charge in [0.2, 0.25) is 5.56 Å². The summed E-state index contributed by atoms with van der Waals surface area (Å²) in [6.45, 7) is 19.2. The predicted molar refractivity (Wildman–Crippen MR) is 204 cm³/mol. The second kappa shape index (κ2) is 15.0. The van der Waals surface area contributed by atoms with E-state index < -0.39 is 8.32 Å². The van der Waals surface area contributed by atoms with Crippen LogP contribution in [0.2, 0.25) is 18.1 Å². The number of phenols is 1. The van der Waals surface area contributed by atoms with Crippen LogP contribution in [0.15, 0.2) is 46.6 Å². The number of amides is 1. The van der Waals surface area contributed by atoms with Crippen LogP contribution in [0.5, 0.6) is 5.75 Å². The van der Waals surface area contributed by atoms with Gasteiger partial charge in [-0.1, -0.05) is 26.8 Å². The number of rotatable bonds is 11. The van der Waals surface area contributed by atoms with Crippen LogP contribution in [0.4, 0.5) is 0 Å². The first-order chi connectivity index (χ1) is 23.7. The molecule has 1 aromatic carbocycles. The SMILES string of the molecule is Cc1nc(C(=O)N2CCOC3(CCN(CCc4ccc(CNC[C@H](O[Si](C)(C)C(C)(C)C)c5ccc(O)c6[nH]c(=O)ccc56)s4)CC3)C2)cs1. The number of aromatic amines is 1. The van der Waals surface area contributed by atoms with E-state index in [0.29, 0.717) is 37.5 Å². The molecule has 13 heteroatoms. The Morgan fingerprint density at radius 1 is 1.14 bits per heavy atom. The average Bonchev–Trinajstić information content (AvgIpc) is 3.72. The van der Waals surface area contributed by atoms with E-state index in [1.807, 2.05) is 34.6 Å². The number of nitrogens with one attached hydrogen (secondary N) is 2. The molecule has 2 fully saturated rings. The topological polar surface area (TPSA) is 120 Å². The number of morpholine rings is 1. The van der Waals surface area contributed by atoms with Gasteiger partial charge in [0.15, 0.2) is 8.32 Å². The molecule has 2 aliphatic rings. The fourth-order valence-electron chi connectivity index (χ4n) is 6.66. The van der Waals surface area contributed by atoms with Gasteiger partial charge >= 0.3 is 0 Å². The molecule has 0 bridgehead atoms. The quantitative estimate of drug-likeness (QED) is 0.150. The Hall–Kier alpha value is -2.91. The molecule has 5 heterocycles. The number of H-pyrrole nitrogens is 1. The zero-order chi connectivity index (χ0) is 35.7. The fourth-order valence-corrected chi connectivity index (χ4v) is 9.50. The Bertz CT molecular complexity index is 1860. The minimum absolute atomic E-state index is 0.0208. The van der Waals surface area contributed by atoms with Crippen LogP contribution < -0.4 is 10.9 Å². The number of carbonyl (C=O) groups excluding carboxylic acids is 1. The molecule has 3 aromatic heterocycles. The van der Waals surface area contributed by atoms with Gasteiger partial charge in [-0.3, -0.25) is 9.59 Å². The minimum Gasteiger partial charge on any atom is -0.506 e. The monoisotopic (exact) mass is 737 g/mol. The zero-order valence-electron chi connectivity index (χ0n) is 30.1. The number of aryl methyl sites for hydroxylation is 1. The van der Waals surface area contributed by atoms with E-state index in [-0.39, 0.29) is 34.0 Å². The molecule has 1 atom stereocenters. The number of thiazole rings is 1. The lowest BCUT2D eigenvalue weighted by molar-refractivity contribution is -0.127. The van der Waals surface area contributed by atoms with Crippen molar-refractivity contribution in [2.24, 2.45) is 0 Å². The summed E-state index contributed by atoms with van der Waals surface area (Å²) in [6.07, 6.45) is 2.61. The molecule has 0 unspecified atom stereocenters. The van der Waals surface area contributed by atoms with E-state index >= 15 is 0 Å². The molecule has 1 amide bonds.